The zero-order valence-electron chi connectivity index (χ0n) is 15.1. The maximum absolute atomic E-state index is 13.2. The van der Waals surface area contributed by atoms with E-state index in [9.17, 15) is 21.6 Å². The van der Waals surface area contributed by atoms with E-state index in [0.717, 1.165) is 11.6 Å². The Kier molecular flexibility index (Phi) is 5.20. The lowest BCUT2D eigenvalue weighted by atomic mass is 10.0. The molecule has 0 fully saturated rings. The molecule has 0 atom stereocenters. The monoisotopic (exact) mass is 409 g/mol. The highest BCUT2D eigenvalue weighted by Crippen LogP contribution is 2.32. The molecule has 5 nitrogen and oxygen atoms in total. The second-order valence-corrected chi connectivity index (χ2v) is 8.17. The lowest BCUT2D eigenvalue weighted by Crippen LogP contribution is -2.25. The van der Waals surface area contributed by atoms with E-state index in [1.807, 2.05) is 13.8 Å². The number of aromatic nitrogens is 2. The van der Waals surface area contributed by atoms with Crippen molar-refractivity contribution in [2.75, 3.05) is 4.83 Å². The summed E-state index contributed by atoms with van der Waals surface area (Å²) in [6, 6.07) is 15.0. The maximum atomic E-state index is 13.2. The number of sulfonamides is 1. The van der Waals surface area contributed by atoms with Crippen molar-refractivity contribution in [1.82, 2.24) is 9.89 Å². The van der Waals surface area contributed by atoms with Gasteiger partial charge in [-0.3, -0.25) is 0 Å². The molecule has 0 amide bonds. The van der Waals surface area contributed by atoms with E-state index in [1.54, 1.807) is 30.3 Å². The summed E-state index contributed by atoms with van der Waals surface area (Å²) in [7, 11) is -4.11. The zero-order valence-corrected chi connectivity index (χ0v) is 15.9. The first-order chi connectivity index (χ1) is 13.1. The summed E-state index contributed by atoms with van der Waals surface area (Å²) in [6.07, 6.45) is -4.71. The summed E-state index contributed by atoms with van der Waals surface area (Å²) in [5.74, 6) is 0.251. The Hall–Kier alpha value is -2.81. The number of benzene rings is 2. The fraction of sp³-hybridized carbons (Fsp3) is 0.211. The third kappa shape index (κ3) is 4.19. The fourth-order valence-electron chi connectivity index (χ4n) is 2.60. The fourth-order valence-corrected chi connectivity index (χ4v) is 3.59. The first-order valence-electron chi connectivity index (χ1n) is 8.43. The topological polar surface area (TPSA) is 64.0 Å². The Morgan fingerprint density at radius 1 is 1.00 bits per heavy atom. The van der Waals surface area contributed by atoms with Crippen LogP contribution in [0.5, 0.6) is 0 Å². The Bertz CT molecular complexity index is 1060. The Morgan fingerprint density at radius 3 is 2.14 bits per heavy atom. The van der Waals surface area contributed by atoms with Gasteiger partial charge in [-0.1, -0.05) is 56.3 Å². The van der Waals surface area contributed by atoms with Crippen molar-refractivity contribution in [2.45, 2.75) is 30.8 Å². The molecule has 0 aliphatic rings. The van der Waals surface area contributed by atoms with E-state index < -0.39 is 21.9 Å². The second-order valence-electron chi connectivity index (χ2n) is 6.51. The van der Waals surface area contributed by atoms with Gasteiger partial charge in [0, 0.05) is 5.56 Å². The molecule has 1 heterocycles. The Balaban J connectivity index is 2.06. The van der Waals surface area contributed by atoms with Gasteiger partial charge >= 0.3 is 6.18 Å². The van der Waals surface area contributed by atoms with E-state index in [0.29, 0.717) is 10.4 Å². The smallest absolute Gasteiger partial charge is 0.200 e. The molecule has 28 heavy (non-hydrogen) atoms. The van der Waals surface area contributed by atoms with Gasteiger partial charge in [-0.2, -0.15) is 31.2 Å². The van der Waals surface area contributed by atoms with Gasteiger partial charge in [0.15, 0.2) is 5.69 Å². The SMILES string of the molecule is CC(C)c1ccc(-c2cc(C(F)(F)F)nn2NS(=O)(=O)c2ccccc2)cc1. The molecule has 0 saturated carbocycles. The summed E-state index contributed by atoms with van der Waals surface area (Å²) in [6.45, 7) is 3.99. The molecular formula is C19H18F3N3O2S. The Labute approximate surface area is 160 Å². The van der Waals surface area contributed by atoms with E-state index in [-0.39, 0.29) is 16.5 Å². The molecule has 3 rings (SSSR count). The van der Waals surface area contributed by atoms with E-state index in [1.165, 1.54) is 24.3 Å². The third-order valence-electron chi connectivity index (χ3n) is 4.13. The minimum atomic E-state index is -4.71. The molecule has 0 aliphatic heterocycles. The van der Waals surface area contributed by atoms with E-state index in [4.69, 9.17) is 0 Å². The van der Waals surface area contributed by atoms with Crippen LogP contribution in [0.3, 0.4) is 0 Å². The quantitative estimate of drug-likeness (QED) is 0.669. The summed E-state index contributed by atoms with van der Waals surface area (Å²) in [5, 5.41) is 3.43. The van der Waals surface area contributed by atoms with Gasteiger partial charge in [-0.15, -0.1) is 5.10 Å². The molecule has 0 bridgehead atoms. The lowest BCUT2D eigenvalue weighted by molar-refractivity contribution is -0.141. The summed E-state index contributed by atoms with van der Waals surface area (Å²) < 4.78 is 64.6. The molecule has 1 aromatic heterocycles. The van der Waals surface area contributed by atoms with Gasteiger partial charge in [-0.25, -0.2) is 0 Å². The molecule has 2 aromatic carbocycles. The number of alkyl halides is 3. The van der Waals surface area contributed by atoms with Crippen LogP contribution < -0.4 is 4.83 Å². The van der Waals surface area contributed by atoms with Gasteiger partial charge in [0.05, 0.1) is 10.6 Å². The number of halogens is 3. The van der Waals surface area contributed by atoms with Crippen LogP contribution in [0.1, 0.15) is 31.0 Å². The highest BCUT2D eigenvalue weighted by molar-refractivity contribution is 7.92. The minimum absolute atomic E-state index is 0.0119. The molecule has 0 aliphatic carbocycles. The second kappa shape index (κ2) is 7.31. The van der Waals surface area contributed by atoms with Gasteiger partial charge in [-0.05, 0) is 29.7 Å². The summed E-state index contributed by atoms with van der Waals surface area (Å²) >= 11 is 0. The normalized spacial score (nSPS) is 12.4. The van der Waals surface area contributed by atoms with Gasteiger partial charge in [0.25, 0.3) is 10.0 Å². The van der Waals surface area contributed by atoms with Crippen LogP contribution >= 0.6 is 0 Å². The first-order valence-corrected chi connectivity index (χ1v) is 9.92. The number of hydrogen-bond donors (Lipinski definition) is 1. The predicted molar refractivity (Wildman–Crippen MR) is 99.7 cm³/mol. The molecule has 0 radical (unpaired) electrons. The molecule has 0 unspecified atom stereocenters. The van der Waals surface area contributed by atoms with Gasteiger partial charge < -0.3 is 0 Å². The third-order valence-corrected chi connectivity index (χ3v) is 5.44. The summed E-state index contributed by atoms with van der Waals surface area (Å²) in [5.41, 5.74) is 0.215. The van der Waals surface area contributed by atoms with Crippen molar-refractivity contribution in [1.29, 1.82) is 0 Å². The van der Waals surface area contributed by atoms with Crippen molar-refractivity contribution in [2.24, 2.45) is 0 Å². The summed E-state index contributed by atoms with van der Waals surface area (Å²) in [4.78, 5) is 2.67. The molecule has 3 aromatic rings. The first kappa shape index (κ1) is 19.9. The Morgan fingerprint density at radius 2 is 1.61 bits per heavy atom. The van der Waals surface area contributed by atoms with Gasteiger partial charge in [0.2, 0.25) is 0 Å². The van der Waals surface area contributed by atoms with Crippen LogP contribution in [0, 0.1) is 0 Å². The zero-order chi connectivity index (χ0) is 20.5. The van der Waals surface area contributed by atoms with Crippen LogP contribution in [-0.4, -0.2) is 18.3 Å². The molecule has 1 N–H and O–H groups in total. The molecule has 9 heteroatoms. The van der Waals surface area contributed by atoms with E-state index in [2.05, 4.69) is 9.93 Å². The predicted octanol–water partition coefficient (Wildman–Crippen LogP) is 4.62. The average Bonchev–Trinajstić information content (AvgIpc) is 3.06. The highest BCUT2D eigenvalue weighted by Gasteiger charge is 2.35. The number of nitrogens with one attached hydrogen (secondary N) is 1. The van der Waals surface area contributed by atoms with Crippen LogP contribution in [-0.2, 0) is 16.2 Å². The van der Waals surface area contributed by atoms with Crippen molar-refractivity contribution < 1.29 is 21.6 Å². The standard InChI is InChI=1S/C19H18F3N3O2S/c1-13(2)14-8-10-15(11-9-14)17-12-18(19(20,21)22)23-25(17)24-28(26,27)16-6-4-3-5-7-16/h3-13,24H,1-2H3. The maximum Gasteiger partial charge on any atom is 0.435 e. The number of rotatable bonds is 5. The van der Waals surface area contributed by atoms with Crippen molar-refractivity contribution >= 4 is 10.0 Å². The average molecular weight is 409 g/mol. The van der Waals surface area contributed by atoms with Crippen LogP contribution in [0.25, 0.3) is 11.3 Å². The number of hydrogen-bond acceptors (Lipinski definition) is 3. The minimum Gasteiger partial charge on any atom is -0.200 e. The van der Waals surface area contributed by atoms with Gasteiger partial charge in [0.1, 0.15) is 0 Å². The van der Waals surface area contributed by atoms with Crippen LogP contribution in [0.15, 0.2) is 65.6 Å². The highest BCUT2D eigenvalue weighted by atomic mass is 32.2. The lowest BCUT2D eigenvalue weighted by Gasteiger charge is -2.12. The molecule has 0 saturated heterocycles. The largest absolute Gasteiger partial charge is 0.435 e. The van der Waals surface area contributed by atoms with Crippen molar-refractivity contribution in [3.05, 3.63) is 71.9 Å². The van der Waals surface area contributed by atoms with Crippen molar-refractivity contribution in [3.63, 3.8) is 0 Å². The van der Waals surface area contributed by atoms with Crippen LogP contribution in [0.4, 0.5) is 13.2 Å². The number of nitrogens with zero attached hydrogens (tertiary/aromatic N) is 2. The van der Waals surface area contributed by atoms with Crippen LogP contribution in [0.2, 0.25) is 0 Å². The molecule has 0 spiro atoms. The van der Waals surface area contributed by atoms with Crippen molar-refractivity contribution in [3.8, 4) is 11.3 Å². The van der Waals surface area contributed by atoms with E-state index >= 15 is 0 Å². The molecular weight excluding hydrogens is 391 g/mol. The molecule has 148 valence electrons.